The first kappa shape index (κ1) is 20.6. The predicted octanol–water partition coefficient (Wildman–Crippen LogP) is 2.83. The molecule has 0 bridgehead atoms. The van der Waals surface area contributed by atoms with Crippen molar-refractivity contribution in [3.8, 4) is 11.5 Å². The third-order valence-corrected chi connectivity index (χ3v) is 5.49. The van der Waals surface area contributed by atoms with Gasteiger partial charge in [0.2, 0.25) is 5.91 Å². The first-order chi connectivity index (χ1) is 15.1. The van der Waals surface area contributed by atoms with Crippen LogP contribution in [0.25, 0.3) is 10.9 Å². The van der Waals surface area contributed by atoms with Gasteiger partial charge in [-0.2, -0.15) is 0 Å². The van der Waals surface area contributed by atoms with Gasteiger partial charge in [-0.05, 0) is 30.2 Å². The van der Waals surface area contributed by atoms with Crippen LogP contribution in [0.3, 0.4) is 0 Å². The molecule has 4 rings (SSSR count). The summed E-state index contributed by atoms with van der Waals surface area (Å²) < 4.78 is 10.6. The molecule has 2 heterocycles. The molecule has 0 unspecified atom stereocenters. The molecule has 0 saturated carbocycles. The number of anilines is 1. The number of nitrogens with one attached hydrogen (secondary N) is 3. The van der Waals surface area contributed by atoms with Crippen molar-refractivity contribution in [3.05, 3.63) is 54.2 Å². The third kappa shape index (κ3) is 4.42. The second kappa shape index (κ2) is 8.99. The molecule has 1 aliphatic rings. The van der Waals surface area contributed by atoms with Crippen LogP contribution in [-0.2, 0) is 11.2 Å². The number of urea groups is 1. The standard InChI is InChI=1S/C23H26N4O4/c1-30-20-8-7-17(12-21(20)31-2)27-14-16(11-22(27)28)26-23(29)24-10-9-15-13-25-19-6-4-3-5-18(15)19/h3-8,12-13,16,25H,9-11,14H2,1-2H3,(H2,24,26,29)/t16-/m0/s1. The van der Waals surface area contributed by atoms with E-state index in [4.69, 9.17) is 9.47 Å². The van der Waals surface area contributed by atoms with E-state index in [0.717, 1.165) is 22.9 Å². The molecule has 0 radical (unpaired) electrons. The normalized spacial score (nSPS) is 15.9. The van der Waals surface area contributed by atoms with Gasteiger partial charge in [-0.1, -0.05) is 18.2 Å². The molecular weight excluding hydrogens is 396 g/mol. The maximum atomic E-state index is 12.5. The van der Waals surface area contributed by atoms with Crippen LogP contribution in [0.4, 0.5) is 10.5 Å². The Bertz CT molecular complexity index is 1090. The number of hydrogen-bond donors (Lipinski definition) is 3. The molecule has 162 valence electrons. The lowest BCUT2D eigenvalue weighted by atomic mass is 10.1. The number of ether oxygens (including phenoxy) is 2. The van der Waals surface area contributed by atoms with Crippen LogP contribution in [-0.4, -0.2) is 50.3 Å². The Labute approximate surface area is 180 Å². The van der Waals surface area contributed by atoms with Crippen LogP contribution in [0.2, 0.25) is 0 Å². The van der Waals surface area contributed by atoms with Crippen LogP contribution >= 0.6 is 0 Å². The molecule has 1 aromatic heterocycles. The summed E-state index contributed by atoms with van der Waals surface area (Å²) in [5.74, 6) is 1.11. The van der Waals surface area contributed by atoms with Gasteiger partial charge in [0.1, 0.15) is 0 Å². The summed E-state index contributed by atoms with van der Waals surface area (Å²) in [4.78, 5) is 29.7. The zero-order valence-corrected chi connectivity index (χ0v) is 17.6. The van der Waals surface area contributed by atoms with Crippen LogP contribution < -0.4 is 25.0 Å². The minimum Gasteiger partial charge on any atom is -0.493 e. The Balaban J connectivity index is 1.30. The van der Waals surface area contributed by atoms with Crippen LogP contribution in [0.15, 0.2) is 48.7 Å². The minimum atomic E-state index is -0.271. The number of carbonyl (C=O) groups excluding carboxylic acids is 2. The summed E-state index contributed by atoms with van der Waals surface area (Å²) in [5, 5.41) is 6.95. The average molecular weight is 422 g/mol. The zero-order valence-electron chi connectivity index (χ0n) is 17.6. The van der Waals surface area contributed by atoms with Crippen molar-refractivity contribution in [2.45, 2.75) is 18.9 Å². The minimum absolute atomic E-state index is 0.0451. The van der Waals surface area contributed by atoms with Gasteiger partial charge in [-0.25, -0.2) is 4.79 Å². The van der Waals surface area contributed by atoms with Gasteiger partial charge in [0.25, 0.3) is 0 Å². The van der Waals surface area contributed by atoms with Gasteiger partial charge >= 0.3 is 6.03 Å². The summed E-state index contributed by atoms with van der Waals surface area (Å²) in [6.45, 7) is 0.915. The first-order valence-electron chi connectivity index (χ1n) is 10.2. The number of amides is 3. The zero-order chi connectivity index (χ0) is 21.8. The highest BCUT2D eigenvalue weighted by Crippen LogP contribution is 2.33. The summed E-state index contributed by atoms with van der Waals surface area (Å²) >= 11 is 0. The van der Waals surface area contributed by atoms with Gasteiger partial charge in [0.15, 0.2) is 11.5 Å². The monoisotopic (exact) mass is 422 g/mol. The van der Waals surface area contributed by atoms with Crippen molar-refractivity contribution in [1.29, 1.82) is 0 Å². The Morgan fingerprint density at radius 2 is 1.97 bits per heavy atom. The summed E-state index contributed by atoms with van der Waals surface area (Å²) in [6.07, 6.45) is 2.95. The molecule has 1 aliphatic heterocycles. The van der Waals surface area contributed by atoms with Crippen molar-refractivity contribution >= 4 is 28.5 Å². The molecular formula is C23H26N4O4. The predicted molar refractivity (Wildman–Crippen MR) is 119 cm³/mol. The molecule has 1 atom stereocenters. The number of aromatic nitrogens is 1. The highest BCUT2D eigenvalue weighted by molar-refractivity contribution is 5.97. The fourth-order valence-corrected chi connectivity index (χ4v) is 3.93. The van der Waals surface area contributed by atoms with Crippen LogP contribution in [0.5, 0.6) is 11.5 Å². The molecule has 0 aliphatic carbocycles. The smallest absolute Gasteiger partial charge is 0.315 e. The molecule has 3 aromatic rings. The van der Waals surface area contributed by atoms with Crippen LogP contribution in [0.1, 0.15) is 12.0 Å². The van der Waals surface area contributed by atoms with Crippen molar-refractivity contribution in [3.63, 3.8) is 0 Å². The number of para-hydroxylation sites is 1. The van der Waals surface area contributed by atoms with Gasteiger partial charge in [0.05, 0.1) is 20.3 Å². The van der Waals surface area contributed by atoms with Gasteiger partial charge in [-0.15, -0.1) is 0 Å². The molecule has 2 aromatic carbocycles. The van der Waals surface area contributed by atoms with Crippen molar-refractivity contribution in [2.75, 3.05) is 32.2 Å². The van der Waals surface area contributed by atoms with E-state index in [9.17, 15) is 9.59 Å². The summed E-state index contributed by atoms with van der Waals surface area (Å²) in [6, 6.07) is 12.9. The summed E-state index contributed by atoms with van der Waals surface area (Å²) in [7, 11) is 3.12. The Kier molecular flexibility index (Phi) is 5.97. The van der Waals surface area contributed by atoms with Crippen molar-refractivity contribution in [1.82, 2.24) is 15.6 Å². The van der Waals surface area contributed by atoms with Crippen molar-refractivity contribution < 1.29 is 19.1 Å². The highest BCUT2D eigenvalue weighted by atomic mass is 16.5. The number of H-pyrrole nitrogens is 1. The van der Waals surface area contributed by atoms with E-state index in [2.05, 4.69) is 21.7 Å². The van der Waals surface area contributed by atoms with E-state index < -0.39 is 0 Å². The fraction of sp³-hybridized carbons (Fsp3) is 0.304. The largest absolute Gasteiger partial charge is 0.493 e. The van der Waals surface area contributed by atoms with Gasteiger partial charge < -0.3 is 30.0 Å². The maximum absolute atomic E-state index is 12.5. The number of hydrogen-bond acceptors (Lipinski definition) is 4. The molecule has 0 spiro atoms. The highest BCUT2D eigenvalue weighted by Gasteiger charge is 2.32. The quantitative estimate of drug-likeness (QED) is 0.546. The molecule has 8 heteroatoms. The van der Waals surface area contributed by atoms with E-state index in [0.29, 0.717) is 30.3 Å². The van der Waals surface area contributed by atoms with E-state index in [1.54, 1.807) is 31.3 Å². The molecule has 1 saturated heterocycles. The fourth-order valence-electron chi connectivity index (χ4n) is 3.93. The number of methoxy groups -OCH3 is 2. The van der Waals surface area contributed by atoms with E-state index in [1.807, 2.05) is 30.5 Å². The number of benzene rings is 2. The molecule has 31 heavy (non-hydrogen) atoms. The third-order valence-electron chi connectivity index (χ3n) is 5.49. The van der Waals surface area contributed by atoms with E-state index in [1.165, 1.54) is 0 Å². The second-order valence-corrected chi connectivity index (χ2v) is 7.45. The Hall–Kier alpha value is -3.68. The molecule has 1 fully saturated rings. The Morgan fingerprint density at radius 1 is 1.16 bits per heavy atom. The lowest BCUT2D eigenvalue weighted by Gasteiger charge is -2.19. The number of fused-ring (bicyclic) bond motifs is 1. The average Bonchev–Trinajstić information content (AvgIpc) is 3.36. The molecule has 3 N–H and O–H groups in total. The number of carbonyl (C=O) groups is 2. The second-order valence-electron chi connectivity index (χ2n) is 7.45. The number of nitrogens with zero attached hydrogens (tertiary/aromatic N) is 1. The summed E-state index contributed by atoms with van der Waals surface area (Å²) in [5.41, 5.74) is 2.96. The van der Waals surface area contributed by atoms with Gasteiger partial charge in [-0.3, -0.25) is 4.79 Å². The number of rotatable bonds is 7. The first-order valence-corrected chi connectivity index (χ1v) is 10.2. The lowest BCUT2D eigenvalue weighted by molar-refractivity contribution is -0.117. The van der Waals surface area contributed by atoms with Gasteiger partial charge in [0, 0.05) is 48.4 Å². The molecule has 8 nitrogen and oxygen atoms in total. The topological polar surface area (TPSA) is 95.7 Å². The lowest BCUT2D eigenvalue weighted by Crippen LogP contribution is -2.43. The molecule has 3 amide bonds. The SMILES string of the molecule is COc1ccc(N2C[C@@H](NC(=O)NCCc3c[nH]c4ccccc34)CC2=O)cc1OC. The van der Waals surface area contributed by atoms with E-state index in [-0.39, 0.29) is 24.4 Å². The maximum Gasteiger partial charge on any atom is 0.315 e. The number of aromatic amines is 1. The van der Waals surface area contributed by atoms with Crippen molar-refractivity contribution in [2.24, 2.45) is 0 Å². The van der Waals surface area contributed by atoms with E-state index >= 15 is 0 Å². The van der Waals surface area contributed by atoms with Crippen LogP contribution in [0, 0.1) is 0 Å². The Morgan fingerprint density at radius 3 is 2.77 bits per heavy atom.